The lowest BCUT2D eigenvalue weighted by atomic mass is 10.1. The number of aryl methyl sites for hydroxylation is 1. The average Bonchev–Trinajstić information content (AvgIpc) is 2.62. The number of anilines is 1. The molecule has 0 aliphatic carbocycles. The first-order valence-corrected chi connectivity index (χ1v) is 4.04. The minimum Gasteiger partial charge on any atom is -0.444 e. The van der Waals surface area contributed by atoms with Gasteiger partial charge in [0.05, 0.1) is 11.8 Å². The number of hydrogen-bond donors (Lipinski definition) is 1. The van der Waals surface area contributed by atoms with Gasteiger partial charge in [0.15, 0.2) is 0 Å². The zero-order chi connectivity index (χ0) is 9.26. The number of nitrogens with two attached hydrogens (primary N) is 1. The lowest BCUT2D eigenvalue weighted by Gasteiger charge is -2.03. The third-order valence-corrected chi connectivity index (χ3v) is 1.99. The molecule has 2 N–H and O–H groups in total. The highest BCUT2D eigenvalue weighted by Crippen LogP contribution is 2.26. The van der Waals surface area contributed by atoms with E-state index >= 15 is 0 Å². The van der Waals surface area contributed by atoms with Crippen LogP contribution in [-0.4, -0.2) is 4.98 Å². The van der Waals surface area contributed by atoms with Gasteiger partial charge in [-0.25, -0.2) is 4.98 Å². The normalized spacial score (nSPS) is 10.2. The zero-order valence-corrected chi connectivity index (χ0v) is 7.32. The molecule has 0 amide bonds. The van der Waals surface area contributed by atoms with Crippen molar-refractivity contribution in [1.29, 1.82) is 0 Å². The first-order valence-electron chi connectivity index (χ1n) is 4.04. The smallest absolute Gasteiger partial charge is 0.227 e. The quantitative estimate of drug-likeness (QED) is 0.674. The fourth-order valence-electron chi connectivity index (χ4n) is 1.22. The number of rotatable bonds is 1. The van der Waals surface area contributed by atoms with Gasteiger partial charge in [-0.15, -0.1) is 0 Å². The summed E-state index contributed by atoms with van der Waals surface area (Å²) in [6.45, 7) is 1.96. The van der Waals surface area contributed by atoms with Crippen molar-refractivity contribution < 1.29 is 4.42 Å². The van der Waals surface area contributed by atoms with E-state index in [9.17, 15) is 0 Å². The monoisotopic (exact) mass is 174 g/mol. The number of benzene rings is 1. The van der Waals surface area contributed by atoms with Crippen molar-refractivity contribution in [2.75, 3.05) is 5.73 Å². The van der Waals surface area contributed by atoms with E-state index in [1.165, 1.54) is 6.26 Å². The molecular formula is C10H10N2O. The SMILES string of the molecule is Cc1cccc(-c2ncco2)c1N. The molecule has 1 aromatic heterocycles. The third kappa shape index (κ3) is 1.28. The van der Waals surface area contributed by atoms with Crippen LogP contribution >= 0.6 is 0 Å². The molecule has 0 aliphatic rings. The Morgan fingerprint density at radius 3 is 2.92 bits per heavy atom. The molecule has 1 aromatic carbocycles. The Bertz CT molecular complexity index is 407. The number of hydrogen-bond acceptors (Lipinski definition) is 3. The second-order valence-electron chi connectivity index (χ2n) is 2.87. The van der Waals surface area contributed by atoms with Crippen LogP contribution in [0.4, 0.5) is 5.69 Å². The predicted octanol–water partition coefficient (Wildman–Crippen LogP) is 2.23. The summed E-state index contributed by atoms with van der Waals surface area (Å²) < 4.78 is 5.16. The zero-order valence-electron chi connectivity index (χ0n) is 7.32. The molecule has 0 spiro atoms. The lowest BCUT2D eigenvalue weighted by molar-refractivity contribution is 0.575. The number of nitrogen functional groups attached to an aromatic ring is 1. The van der Waals surface area contributed by atoms with Gasteiger partial charge in [0.1, 0.15) is 6.26 Å². The Morgan fingerprint density at radius 2 is 2.23 bits per heavy atom. The Hall–Kier alpha value is -1.77. The molecule has 3 nitrogen and oxygen atoms in total. The Labute approximate surface area is 76.2 Å². The number of aromatic nitrogens is 1. The molecule has 0 fully saturated rings. The maximum absolute atomic E-state index is 5.87. The van der Waals surface area contributed by atoms with E-state index in [1.807, 2.05) is 25.1 Å². The topological polar surface area (TPSA) is 52.0 Å². The summed E-state index contributed by atoms with van der Waals surface area (Å²) in [7, 11) is 0. The van der Waals surface area contributed by atoms with E-state index in [2.05, 4.69) is 4.98 Å². The summed E-state index contributed by atoms with van der Waals surface area (Å²) in [4.78, 5) is 4.04. The summed E-state index contributed by atoms with van der Waals surface area (Å²) in [6, 6.07) is 5.79. The van der Waals surface area contributed by atoms with Crippen molar-refractivity contribution in [3.8, 4) is 11.5 Å². The minimum absolute atomic E-state index is 0.571. The molecule has 1 heterocycles. The van der Waals surface area contributed by atoms with Crippen LogP contribution in [0.1, 0.15) is 5.56 Å². The van der Waals surface area contributed by atoms with Crippen LogP contribution in [0.15, 0.2) is 35.1 Å². The largest absolute Gasteiger partial charge is 0.444 e. The standard InChI is InChI=1S/C10H10N2O/c1-7-3-2-4-8(9(7)11)10-12-5-6-13-10/h2-6H,11H2,1H3. The van der Waals surface area contributed by atoms with Crippen LogP contribution in [0.5, 0.6) is 0 Å². The number of oxazole rings is 1. The molecule has 0 radical (unpaired) electrons. The summed E-state index contributed by atoms with van der Waals surface area (Å²) in [6.07, 6.45) is 3.15. The van der Waals surface area contributed by atoms with E-state index < -0.39 is 0 Å². The van der Waals surface area contributed by atoms with E-state index in [0.29, 0.717) is 5.89 Å². The van der Waals surface area contributed by atoms with Gasteiger partial charge in [0, 0.05) is 5.69 Å². The van der Waals surface area contributed by atoms with Gasteiger partial charge in [0.25, 0.3) is 0 Å². The van der Waals surface area contributed by atoms with Crippen LogP contribution in [0.25, 0.3) is 11.5 Å². The summed E-state index contributed by atoms with van der Waals surface area (Å²) in [5, 5.41) is 0. The molecule has 0 saturated heterocycles. The highest BCUT2D eigenvalue weighted by Gasteiger charge is 2.07. The van der Waals surface area contributed by atoms with Crippen LogP contribution in [-0.2, 0) is 0 Å². The van der Waals surface area contributed by atoms with Gasteiger partial charge in [-0.05, 0) is 18.6 Å². The Kier molecular flexibility index (Phi) is 1.77. The minimum atomic E-state index is 0.571. The summed E-state index contributed by atoms with van der Waals surface area (Å²) in [5.41, 5.74) is 8.49. The van der Waals surface area contributed by atoms with Gasteiger partial charge < -0.3 is 10.2 Å². The van der Waals surface area contributed by atoms with E-state index in [0.717, 1.165) is 16.8 Å². The highest BCUT2D eigenvalue weighted by molar-refractivity contribution is 5.72. The lowest BCUT2D eigenvalue weighted by Crippen LogP contribution is -1.92. The van der Waals surface area contributed by atoms with Crippen LogP contribution in [0, 0.1) is 6.92 Å². The Morgan fingerprint density at radius 1 is 1.38 bits per heavy atom. The highest BCUT2D eigenvalue weighted by atomic mass is 16.3. The van der Waals surface area contributed by atoms with Gasteiger partial charge in [-0.3, -0.25) is 0 Å². The molecule has 0 atom stereocenters. The van der Waals surface area contributed by atoms with E-state index in [1.54, 1.807) is 6.20 Å². The van der Waals surface area contributed by atoms with Crippen LogP contribution in [0.3, 0.4) is 0 Å². The first kappa shape index (κ1) is 7.86. The summed E-state index contributed by atoms with van der Waals surface area (Å²) >= 11 is 0. The first-order chi connectivity index (χ1) is 6.29. The molecule has 3 heteroatoms. The number of nitrogens with zero attached hydrogens (tertiary/aromatic N) is 1. The van der Waals surface area contributed by atoms with Crippen molar-refractivity contribution in [1.82, 2.24) is 4.98 Å². The maximum Gasteiger partial charge on any atom is 0.227 e. The molecule has 13 heavy (non-hydrogen) atoms. The van der Waals surface area contributed by atoms with E-state index in [-0.39, 0.29) is 0 Å². The van der Waals surface area contributed by atoms with Crippen molar-refractivity contribution in [3.05, 3.63) is 36.2 Å². The van der Waals surface area contributed by atoms with Crippen molar-refractivity contribution in [2.24, 2.45) is 0 Å². The molecule has 0 aliphatic heterocycles. The molecule has 0 saturated carbocycles. The molecule has 0 unspecified atom stereocenters. The molecule has 2 rings (SSSR count). The molecular weight excluding hydrogens is 164 g/mol. The summed E-state index contributed by atoms with van der Waals surface area (Å²) in [5.74, 6) is 0.571. The van der Waals surface area contributed by atoms with Gasteiger partial charge >= 0.3 is 0 Å². The molecule has 0 bridgehead atoms. The van der Waals surface area contributed by atoms with Gasteiger partial charge in [-0.2, -0.15) is 0 Å². The van der Waals surface area contributed by atoms with E-state index in [4.69, 9.17) is 10.2 Å². The number of para-hydroxylation sites is 1. The fraction of sp³-hybridized carbons (Fsp3) is 0.100. The Balaban J connectivity index is 2.59. The average molecular weight is 174 g/mol. The van der Waals surface area contributed by atoms with Gasteiger partial charge in [-0.1, -0.05) is 12.1 Å². The van der Waals surface area contributed by atoms with Crippen LogP contribution < -0.4 is 5.73 Å². The van der Waals surface area contributed by atoms with Crippen molar-refractivity contribution >= 4 is 5.69 Å². The maximum atomic E-state index is 5.87. The van der Waals surface area contributed by atoms with Crippen molar-refractivity contribution in [3.63, 3.8) is 0 Å². The van der Waals surface area contributed by atoms with Crippen LogP contribution in [0.2, 0.25) is 0 Å². The fourth-order valence-corrected chi connectivity index (χ4v) is 1.22. The second-order valence-corrected chi connectivity index (χ2v) is 2.87. The molecule has 2 aromatic rings. The molecule has 66 valence electrons. The van der Waals surface area contributed by atoms with Crippen molar-refractivity contribution in [2.45, 2.75) is 6.92 Å². The predicted molar refractivity (Wildman–Crippen MR) is 51.1 cm³/mol. The second kappa shape index (κ2) is 2.94. The third-order valence-electron chi connectivity index (χ3n) is 1.99. The van der Waals surface area contributed by atoms with Gasteiger partial charge in [0.2, 0.25) is 5.89 Å².